The molecule has 0 heterocycles. The molecule has 0 amide bonds. The van der Waals surface area contributed by atoms with Crippen molar-refractivity contribution < 1.29 is 0 Å². The van der Waals surface area contributed by atoms with E-state index in [1.54, 1.807) is 0 Å². The van der Waals surface area contributed by atoms with Gasteiger partial charge in [-0.25, -0.2) is 0 Å². The first-order chi connectivity index (χ1) is 7.36. The van der Waals surface area contributed by atoms with E-state index in [1.165, 1.54) is 11.1 Å². The Hall–Kier alpha value is -1.30. The zero-order valence-electron chi connectivity index (χ0n) is 9.74. The lowest BCUT2D eigenvalue weighted by Crippen LogP contribution is -1.80. The second-order valence-electron chi connectivity index (χ2n) is 3.63. The van der Waals surface area contributed by atoms with Crippen molar-refractivity contribution in [3.8, 4) is 0 Å². The second kappa shape index (κ2) is 7.05. The van der Waals surface area contributed by atoms with Crippen LogP contribution in [0.2, 0.25) is 0 Å². The van der Waals surface area contributed by atoms with Gasteiger partial charge in [0.1, 0.15) is 0 Å². The Balaban J connectivity index is 2.49. The van der Waals surface area contributed by atoms with Crippen LogP contribution in [0.4, 0.5) is 0 Å². The first kappa shape index (κ1) is 11.8. The van der Waals surface area contributed by atoms with Gasteiger partial charge in [0, 0.05) is 0 Å². The molecule has 0 saturated carbocycles. The first-order valence-electron chi connectivity index (χ1n) is 5.76. The average molecular weight is 200 g/mol. The molecule has 0 unspecified atom stereocenters. The maximum absolute atomic E-state index is 2.29. The molecule has 1 aromatic rings. The molecule has 15 heavy (non-hydrogen) atoms. The molecule has 0 nitrogen and oxygen atoms in total. The van der Waals surface area contributed by atoms with Crippen molar-refractivity contribution in [2.45, 2.75) is 33.1 Å². The molecule has 0 heteroatoms. The fraction of sp³-hybridized carbons (Fsp3) is 0.333. The molecule has 0 aliphatic carbocycles. The Morgan fingerprint density at radius 1 is 1.13 bits per heavy atom. The smallest absolute Gasteiger partial charge is 0.00942 e. The predicted molar refractivity (Wildman–Crippen MR) is 68.0 cm³/mol. The molecule has 0 aromatic heterocycles. The highest BCUT2D eigenvalue weighted by molar-refractivity contribution is 5.22. The highest BCUT2D eigenvalue weighted by Crippen LogP contribution is 2.06. The highest BCUT2D eigenvalue weighted by Gasteiger charge is 1.88. The van der Waals surface area contributed by atoms with E-state index in [-0.39, 0.29) is 0 Å². The highest BCUT2D eigenvalue weighted by atomic mass is 13.9. The van der Waals surface area contributed by atoms with Crippen molar-refractivity contribution in [2.75, 3.05) is 0 Å². The summed E-state index contributed by atoms with van der Waals surface area (Å²) >= 11 is 0. The quantitative estimate of drug-likeness (QED) is 0.612. The van der Waals surface area contributed by atoms with Gasteiger partial charge in [0.15, 0.2) is 0 Å². The third-order valence-corrected chi connectivity index (χ3v) is 2.40. The van der Waals surface area contributed by atoms with Crippen LogP contribution in [0.3, 0.4) is 0 Å². The minimum Gasteiger partial charge on any atom is -0.0816 e. The summed E-state index contributed by atoms with van der Waals surface area (Å²) in [4.78, 5) is 0. The van der Waals surface area contributed by atoms with Crippen molar-refractivity contribution in [1.29, 1.82) is 0 Å². The van der Waals surface area contributed by atoms with Crippen molar-refractivity contribution >= 4 is 0 Å². The summed E-state index contributed by atoms with van der Waals surface area (Å²) in [6.07, 6.45) is 10.1. The topological polar surface area (TPSA) is 0 Å². The molecule has 0 aliphatic heterocycles. The van der Waals surface area contributed by atoms with Gasteiger partial charge in [-0.1, -0.05) is 68.0 Å². The maximum Gasteiger partial charge on any atom is -0.00942 e. The summed E-state index contributed by atoms with van der Waals surface area (Å²) < 4.78 is 0. The van der Waals surface area contributed by atoms with Gasteiger partial charge in [-0.2, -0.15) is 0 Å². The number of hydrogen-bond acceptors (Lipinski definition) is 0. The monoisotopic (exact) mass is 200 g/mol. The second-order valence-corrected chi connectivity index (χ2v) is 3.63. The number of allylic oxidation sites excluding steroid dienone is 4. The molecule has 0 aliphatic rings. The van der Waals surface area contributed by atoms with Crippen LogP contribution in [0.5, 0.6) is 0 Å². The van der Waals surface area contributed by atoms with E-state index in [0.29, 0.717) is 0 Å². The number of benzene rings is 1. The van der Waals surface area contributed by atoms with E-state index in [2.05, 4.69) is 62.4 Å². The van der Waals surface area contributed by atoms with Crippen LogP contribution in [0, 0.1) is 0 Å². The molecule has 0 saturated heterocycles. The van der Waals surface area contributed by atoms with E-state index in [0.717, 1.165) is 19.3 Å². The van der Waals surface area contributed by atoms with Crippen LogP contribution in [0.15, 0.2) is 54.1 Å². The Labute approximate surface area is 93.3 Å². The fourth-order valence-corrected chi connectivity index (χ4v) is 1.55. The van der Waals surface area contributed by atoms with Gasteiger partial charge < -0.3 is 0 Å². The van der Waals surface area contributed by atoms with Gasteiger partial charge >= 0.3 is 0 Å². The molecule has 1 aromatic carbocycles. The molecule has 0 bridgehead atoms. The molecule has 0 radical (unpaired) electrons. The van der Waals surface area contributed by atoms with Gasteiger partial charge in [-0.05, 0) is 24.8 Å². The van der Waals surface area contributed by atoms with E-state index in [9.17, 15) is 0 Å². The van der Waals surface area contributed by atoms with Gasteiger partial charge in [-0.3, -0.25) is 0 Å². The first-order valence-corrected chi connectivity index (χ1v) is 5.76. The van der Waals surface area contributed by atoms with Crippen LogP contribution in [-0.2, 0) is 6.42 Å². The molecule has 80 valence electrons. The van der Waals surface area contributed by atoms with Crippen molar-refractivity contribution in [1.82, 2.24) is 0 Å². The maximum atomic E-state index is 2.29. The van der Waals surface area contributed by atoms with Crippen LogP contribution in [-0.4, -0.2) is 0 Å². The van der Waals surface area contributed by atoms with E-state index in [4.69, 9.17) is 0 Å². The lowest BCUT2D eigenvalue weighted by atomic mass is 10.1. The molecule has 1 rings (SSSR count). The molecule has 0 atom stereocenters. The van der Waals surface area contributed by atoms with Crippen LogP contribution in [0.25, 0.3) is 0 Å². The van der Waals surface area contributed by atoms with Gasteiger partial charge in [-0.15, -0.1) is 0 Å². The minimum absolute atomic E-state index is 1.03. The predicted octanol–water partition coefficient (Wildman–Crippen LogP) is 4.53. The van der Waals surface area contributed by atoms with E-state index in [1.807, 2.05) is 0 Å². The molecular formula is C15H20. The van der Waals surface area contributed by atoms with Crippen LogP contribution in [0.1, 0.15) is 32.3 Å². The van der Waals surface area contributed by atoms with Crippen molar-refractivity contribution in [2.24, 2.45) is 0 Å². The Kier molecular flexibility index (Phi) is 5.54. The summed E-state index contributed by atoms with van der Waals surface area (Å²) in [6.45, 7) is 4.38. The normalized spacial score (nSPS) is 12.3. The van der Waals surface area contributed by atoms with E-state index < -0.39 is 0 Å². The Bertz CT molecular complexity index is 317. The summed E-state index contributed by atoms with van der Waals surface area (Å²) in [5.74, 6) is 0. The largest absolute Gasteiger partial charge is 0.0816 e. The van der Waals surface area contributed by atoms with E-state index >= 15 is 0 Å². The zero-order valence-corrected chi connectivity index (χ0v) is 9.74. The van der Waals surface area contributed by atoms with Crippen LogP contribution < -0.4 is 0 Å². The molecule has 0 fully saturated rings. The lowest BCUT2D eigenvalue weighted by Gasteiger charge is -1.97. The molecule has 0 N–H and O–H groups in total. The lowest BCUT2D eigenvalue weighted by molar-refractivity contribution is 1.09. The SMILES string of the molecule is CC/C=C(/C=C/Cc1ccccc1)CC. The fourth-order valence-electron chi connectivity index (χ4n) is 1.55. The Morgan fingerprint density at radius 2 is 1.87 bits per heavy atom. The molecular weight excluding hydrogens is 180 g/mol. The Morgan fingerprint density at radius 3 is 2.47 bits per heavy atom. The third-order valence-electron chi connectivity index (χ3n) is 2.40. The van der Waals surface area contributed by atoms with Gasteiger partial charge in [0.05, 0.1) is 0 Å². The summed E-state index contributed by atoms with van der Waals surface area (Å²) in [5.41, 5.74) is 2.81. The number of rotatable bonds is 5. The van der Waals surface area contributed by atoms with Gasteiger partial charge in [0.2, 0.25) is 0 Å². The number of hydrogen-bond donors (Lipinski definition) is 0. The summed E-state index contributed by atoms with van der Waals surface area (Å²) in [5, 5.41) is 0. The van der Waals surface area contributed by atoms with Gasteiger partial charge in [0.25, 0.3) is 0 Å². The zero-order chi connectivity index (χ0) is 10.9. The standard InChI is InChI=1S/C15H20/c1-3-9-14(4-2)12-8-13-15-10-6-5-7-11-15/h5-12H,3-4,13H2,1-2H3/b12-8+,14-9+. The molecule has 0 spiro atoms. The summed E-state index contributed by atoms with van der Waals surface area (Å²) in [7, 11) is 0. The van der Waals surface area contributed by atoms with Crippen molar-refractivity contribution in [3.05, 3.63) is 59.7 Å². The van der Waals surface area contributed by atoms with Crippen molar-refractivity contribution in [3.63, 3.8) is 0 Å². The minimum atomic E-state index is 1.03. The average Bonchev–Trinajstić information content (AvgIpc) is 2.29. The summed E-state index contributed by atoms with van der Waals surface area (Å²) in [6, 6.07) is 10.6. The van der Waals surface area contributed by atoms with Crippen LogP contribution >= 0.6 is 0 Å². The third kappa shape index (κ3) is 4.64.